The highest BCUT2D eigenvalue weighted by atomic mass is 19.1. The van der Waals surface area contributed by atoms with E-state index >= 15 is 0 Å². The molecule has 0 spiro atoms. The fourth-order valence-electron chi connectivity index (χ4n) is 1.79. The molecule has 5 heteroatoms. The standard InChI is InChI=1S/C17H17FO4/c1-20-17(19)12-13-2-6-15(7-3-13)21-10-11-22-16-8-4-14(18)5-9-16/h2-9H,10-12H2,1H3. The molecule has 4 nitrogen and oxygen atoms in total. The molecule has 0 aliphatic heterocycles. The fraction of sp³-hybridized carbons (Fsp3) is 0.235. The van der Waals surface area contributed by atoms with Gasteiger partial charge in [0.05, 0.1) is 13.5 Å². The topological polar surface area (TPSA) is 44.8 Å². The first-order chi connectivity index (χ1) is 10.7. The van der Waals surface area contributed by atoms with Gasteiger partial charge in [0.15, 0.2) is 0 Å². The number of esters is 1. The van der Waals surface area contributed by atoms with E-state index in [9.17, 15) is 9.18 Å². The summed E-state index contributed by atoms with van der Waals surface area (Å²) in [6, 6.07) is 13.0. The summed E-state index contributed by atoms with van der Waals surface area (Å²) in [5, 5.41) is 0. The Hall–Kier alpha value is -2.56. The molecule has 0 atom stereocenters. The summed E-state index contributed by atoms with van der Waals surface area (Å²) in [6.07, 6.45) is 0.241. The average molecular weight is 304 g/mol. The van der Waals surface area contributed by atoms with E-state index in [1.54, 1.807) is 24.3 Å². The number of benzene rings is 2. The number of methoxy groups -OCH3 is 1. The van der Waals surface area contributed by atoms with Gasteiger partial charge in [0.1, 0.15) is 30.5 Å². The van der Waals surface area contributed by atoms with E-state index in [2.05, 4.69) is 4.74 Å². The van der Waals surface area contributed by atoms with E-state index in [0.717, 1.165) is 5.56 Å². The van der Waals surface area contributed by atoms with Crippen molar-refractivity contribution in [2.45, 2.75) is 6.42 Å². The summed E-state index contributed by atoms with van der Waals surface area (Å²) in [6.45, 7) is 0.725. The first-order valence-corrected chi connectivity index (χ1v) is 6.84. The van der Waals surface area contributed by atoms with E-state index < -0.39 is 0 Å². The summed E-state index contributed by atoms with van der Waals surface area (Å²) < 4.78 is 28.3. The lowest BCUT2D eigenvalue weighted by atomic mass is 10.1. The Morgan fingerprint density at radius 2 is 1.41 bits per heavy atom. The molecular weight excluding hydrogens is 287 g/mol. The van der Waals surface area contributed by atoms with Crippen LogP contribution in [0, 0.1) is 5.82 Å². The van der Waals surface area contributed by atoms with Crippen molar-refractivity contribution >= 4 is 5.97 Å². The van der Waals surface area contributed by atoms with Gasteiger partial charge in [-0.3, -0.25) is 4.79 Å². The van der Waals surface area contributed by atoms with Crippen molar-refractivity contribution in [2.75, 3.05) is 20.3 Å². The monoisotopic (exact) mass is 304 g/mol. The largest absolute Gasteiger partial charge is 0.490 e. The van der Waals surface area contributed by atoms with Crippen LogP contribution in [-0.4, -0.2) is 26.3 Å². The molecule has 0 radical (unpaired) electrons. The molecule has 2 aromatic carbocycles. The minimum absolute atomic E-state index is 0.241. The minimum atomic E-state index is -0.296. The van der Waals surface area contributed by atoms with Gasteiger partial charge in [-0.25, -0.2) is 4.39 Å². The van der Waals surface area contributed by atoms with Crippen molar-refractivity contribution < 1.29 is 23.4 Å². The van der Waals surface area contributed by atoms with Gasteiger partial charge in [-0.1, -0.05) is 12.1 Å². The second-order valence-corrected chi connectivity index (χ2v) is 4.55. The average Bonchev–Trinajstić information content (AvgIpc) is 2.54. The van der Waals surface area contributed by atoms with Crippen LogP contribution in [0.3, 0.4) is 0 Å². The Bertz CT molecular complexity index is 593. The zero-order chi connectivity index (χ0) is 15.8. The normalized spacial score (nSPS) is 10.1. The van der Waals surface area contributed by atoms with Crippen molar-refractivity contribution in [3.63, 3.8) is 0 Å². The molecule has 0 aromatic heterocycles. The number of ether oxygens (including phenoxy) is 3. The van der Waals surface area contributed by atoms with Gasteiger partial charge in [0, 0.05) is 0 Å². The summed E-state index contributed by atoms with van der Waals surface area (Å²) in [5.74, 6) is 0.715. The highest BCUT2D eigenvalue weighted by Crippen LogP contribution is 2.14. The highest BCUT2D eigenvalue weighted by molar-refractivity contribution is 5.72. The van der Waals surface area contributed by atoms with Gasteiger partial charge < -0.3 is 14.2 Å². The third-order valence-electron chi connectivity index (χ3n) is 2.93. The van der Waals surface area contributed by atoms with Crippen LogP contribution >= 0.6 is 0 Å². The Balaban J connectivity index is 1.72. The van der Waals surface area contributed by atoms with Gasteiger partial charge in [0.2, 0.25) is 0 Å². The maximum absolute atomic E-state index is 12.7. The van der Waals surface area contributed by atoms with Crippen LogP contribution in [-0.2, 0) is 16.0 Å². The predicted octanol–water partition coefficient (Wildman–Crippen LogP) is 3.00. The van der Waals surface area contributed by atoms with Crippen LogP contribution in [0.1, 0.15) is 5.56 Å². The van der Waals surface area contributed by atoms with Crippen LogP contribution in [0.15, 0.2) is 48.5 Å². The molecule has 0 aliphatic rings. The molecule has 0 saturated carbocycles. The predicted molar refractivity (Wildman–Crippen MR) is 79.6 cm³/mol. The maximum Gasteiger partial charge on any atom is 0.309 e. The summed E-state index contributed by atoms with van der Waals surface area (Å²) in [7, 11) is 1.36. The van der Waals surface area contributed by atoms with Crippen molar-refractivity contribution in [1.82, 2.24) is 0 Å². The second-order valence-electron chi connectivity index (χ2n) is 4.55. The van der Waals surface area contributed by atoms with E-state index in [1.807, 2.05) is 12.1 Å². The summed E-state index contributed by atoms with van der Waals surface area (Å²) in [5.41, 5.74) is 0.863. The Labute approximate surface area is 128 Å². The van der Waals surface area contributed by atoms with Crippen LogP contribution in [0.5, 0.6) is 11.5 Å². The van der Waals surface area contributed by atoms with Crippen LogP contribution < -0.4 is 9.47 Å². The number of carbonyl (C=O) groups is 1. The first kappa shape index (κ1) is 15.8. The SMILES string of the molecule is COC(=O)Cc1ccc(OCCOc2ccc(F)cc2)cc1. The lowest BCUT2D eigenvalue weighted by Gasteiger charge is -2.09. The van der Waals surface area contributed by atoms with Gasteiger partial charge in [-0.15, -0.1) is 0 Å². The van der Waals surface area contributed by atoms with Crippen LogP contribution in [0.4, 0.5) is 4.39 Å². The molecule has 0 aliphatic carbocycles. The molecule has 116 valence electrons. The molecule has 0 heterocycles. The van der Waals surface area contributed by atoms with Crippen molar-refractivity contribution in [3.8, 4) is 11.5 Å². The van der Waals surface area contributed by atoms with Crippen molar-refractivity contribution in [1.29, 1.82) is 0 Å². The quantitative estimate of drug-likeness (QED) is 0.583. The molecule has 0 amide bonds. The number of hydrogen-bond acceptors (Lipinski definition) is 4. The minimum Gasteiger partial charge on any atom is -0.490 e. The Kier molecular flexibility index (Phi) is 5.77. The lowest BCUT2D eigenvalue weighted by molar-refractivity contribution is -0.139. The summed E-state index contributed by atoms with van der Waals surface area (Å²) in [4.78, 5) is 11.1. The van der Waals surface area contributed by atoms with Gasteiger partial charge in [-0.05, 0) is 42.0 Å². The van der Waals surface area contributed by atoms with Crippen molar-refractivity contribution in [2.24, 2.45) is 0 Å². The second kappa shape index (κ2) is 8.02. The van der Waals surface area contributed by atoms with Gasteiger partial charge in [0.25, 0.3) is 0 Å². The van der Waals surface area contributed by atoms with E-state index in [0.29, 0.717) is 24.7 Å². The molecule has 2 rings (SSSR count). The third kappa shape index (κ3) is 5.09. The number of carbonyl (C=O) groups excluding carboxylic acids is 1. The van der Waals surface area contributed by atoms with Crippen molar-refractivity contribution in [3.05, 3.63) is 59.9 Å². The molecule has 2 aromatic rings. The third-order valence-corrected chi connectivity index (χ3v) is 2.93. The van der Waals surface area contributed by atoms with Crippen LogP contribution in [0.2, 0.25) is 0 Å². The van der Waals surface area contributed by atoms with E-state index in [4.69, 9.17) is 9.47 Å². The smallest absolute Gasteiger partial charge is 0.309 e. The molecular formula is C17H17FO4. The molecule has 0 bridgehead atoms. The molecule has 0 fully saturated rings. The lowest BCUT2D eigenvalue weighted by Crippen LogP contribution is -2.09. The van der Waals surface area contributed by atoms with Crippen LogP contribution in [0.25, 0.3) is 0 Å². The van der Waals surface area contributed by atoms with E-state index in [-0.39, 0.29) is 18.2 Å². The first-order valence-electron chi connectivity index (χ1n) is 6.84. The number of rotatable bonds is 7. The van der Waals surface area contributed by atoms with Gasteiger partial charge >= 0.3 is 5.97 Å². The summed E-state index contributed by atoms with van der Waals surface area (Å²) >= 11 is 0. The molecule has 22 heavy (non-hydrogen) atoms. The maximum atomic E-state index is 12.7. The Morgan fingerprint density at radius 3 is 1.91 bits per heavy atom. The highest BCUT2D eigenvalue weighted by Gasteiger charge is 2.03. The zero-order valence-electron chi connectivity index (χ0n) is 12.3. The molecule has 0 unspecified atom stereocenters. The number of halogens is 1. The van der Waals surface area contributed by atoms with Gasteiger partial charge in [-0.2, -0.15) is 0 Å². The molecule has 0 saturated heterocycles. The molecule has 0 N–H and O–H groups in total. The fourth-order valence-corrected chi connectivity index (χ4v) is 1.79. The number of hydrogen-bond donors (Lipinski definition) is 0. The van der Waals surface area contributed by atoms with E-state index in [1.165, 1.54) is 19.2 Å². The zero-order valence-corrected chi connectivity index (χ0v) is 12.3. The Morgan fingerprint density at radius 1 is 0.909 bits per heavy atom.